The molecule has 54 valence electrons. The van der Waals surface area contributed by atoms with Crippen molar-refractivity contribution in [3.63, 3.8) is 0 Å². The van der Waals surface area contributed by atoms with E-state index in [0.717, 1.165) is 0 Å². The molecule has 1 heterocycles. The average Bonchev–Trinajstić information content (AvgIpc) is 2.58. The van der Waals surface area contributed by atoms with Crippen molar-refractivity contribution in [1.29, 1.82) is 0 Å². The Labute approximate surface area is 65.9 Å². The van der Waals surface area contributed by atoms with Gasteiger partial charge in [0.2, 0.25) is 0 Å². The van der Waals surface area contributed by atoms with Crippen LogP contribution in [0.1, 0.15) is 0 Å². The largest absolute Gasteiger partial charge is 0.264 e. The van der Waals surface area contributed by atoms with Crippen molar-refractivity contribution < 1.29 is 4.57 Å². The maximum absolute atomic E-state index is 2.08. The number of nitrogens with zero attached hydrogens (tertiary/aromatic N) is 1. The van der Waals surface area contributed by atoms with E-state index in [-0.39, 0.29) is 0 Å². The van der Waals surface area contributed by atoms with Gasteiger partial charge < -0.3 is 0 Å². The summed E-state index contributed by atoms with van der Waals surface area (Å²) in [7, 11) is 0. The Bertz CT molecular complexity index is 308. The van der Waals surface area contributed by atoms with Gasteiger partial charge in [0.15, 0.2) is 0 Å². The van der Waals surface area contributed by atoms with Gasteiger partial charge in [-0.3, -0.25) is 4.57 Å². The minimum atomic E-state index is 1.21. The Kier molecular flexibility index (Phi) is 1.48. The van der Waals surface area contributed by atoms with Crippen molar-refractivity contribution >= 4 is 0 Å². The van der Waals surface area contributed by atoms with Gasteiger partial charge in [-0.25, -0.2) is 0 Å². The maximum Gasteiger partial charge on any atom is 0.132 e. The number of hydrogen-bond donors (Lipinski definition) is 0. The van der Waals surface area contributed by atoms with Crippen LogP contribution in [0.25, 0.3) is 5.69 Å². The molecule has 0 aliphatic carbocycles. The third-order valence-corrected chi connectivity index (χ3v) is 1.66. The smallest absolute Gasteiger partial charge is 0.132 e. The molecular formula is C10H9N. The molecule has 0 spiro atoms. The molecule has 0 bridgehead atoms. The van der Waals surface area contributed by atoms with Gasteiger partial charge in [0, 0.05) is 0 Å². The Hall–Kier alpha value is -1.50. The third-order valence-electron chi connectivity index (χ3n) is 1.66. The van der Waals surface area contributed by atoms with Gasteiger partial charge in [-0.15, -0.1) is 12.1 Å². The summed E-state index contributed by atoms with van der Waals surface area (Å²) in [5.74, 6) is 0. The molecule has 0 N–H and O–H groups in total. The predicted octanol–water partition coefficient (Wildman–Crippen LogP) is 1.68. The van der Waals surface area contributed by atoms with Crippen LogP contribution in [0.5, 0.6) is 0 Å². The van der Waals surface area contributed by atoms with Crippen LogP contribution < -0.4 is 4.57 Å². The summed E-state index contributed by atoms with van der Waals surface area (Å²) >= 11 is 0. The highest BCUT2D eigenvalue weighted by molar-refractivity contribution is 5.22. The monoisotopic (exact) mass is 143 g/mol. The summed E-state index contributed by atoms with van der Waals surface area (Å²) < 4.78 is 2.08. The minimum absolute atomic E-state index is 1.21. The van der Waals surface area contributed by atoms with E-state index in [0.29, 0.717) is 0 Å². The zero-order valence-corrected chi connectivity index (χ0v) is 6.14. The van der Waals surface area contributed by atoms with Crippen LogP contribution in [0.3, 0.4) is 0 Å². The molecule has 0 radical (unpaired) electrons. The van der Waals surface area contributed by atoms with Gasteiger partial charge in [0.05, 0.1) is 0 Å². The summed E-state index contributed by atoms with van der Waals surface area (Å²) in [4.78, 5) is 0. The van der Waals surface area contributed by atoms with Gasteiger partial charge in [-0.2, -0.15) is 0 Å². The van der Waals surface area contributed by atoms with Gasteiger partial charge in [-0.1, -0.05) is 18.2 Å². The van der Waals surface area contributed by atoms with E-state index >= 15 is 0 Å². The lowest BCUT2D eigenvalue weighted by Gasteiger charge is -1.94. The average molecular weight is 143 g/mol. The summed E-state index contributed by atoms with van der Waals surface area (Å²) in [5.41, 5.74) is 1.21. The Morgan fingerprint density at radius 2 is 1.36 bits per heavy atom. The second-order valence-corrected chi connectivity index (χ2v) is 2.43. The molecule has 0 atom stereocenters. The minimum Gasteiger partial charge on any atom is -0.264 e. The highest BCUT2D eigenvalue weighted by atomic mass is 14.9. The Balaban J connectivity index is 2.46. The zero-order valence-electron chi connectivity index (χ0n) is 6.14. The molecule has 1 aromatic carbocycles. The second kappa shape index (κ2) is 2.62. The lowest BCUT2D eigenvalue weighted by atomic mass is 10.4. The van der Waals surface area contributed by atoms with Crippen LogP contribution in [0.15, 0.2) is 54.9 Å². The molecule has 0 unspecified atom stereocenters. The van der Waals surface area contributed by atoms with E-state index in [2.05, 4.69) is 16.7 Å². The fourth-order valence-corrected chi connectivity index (χ4v) is 1.11. The Morgan fingerprint density at radius 3 is 2.00 bits per heavy atom. The molecule has 2 rings (SSSR count). The normalized spacial score (nSPS) is 9.82. The topological polar surface area (TPSA) is 3.88 Å². The van der Waals surface area contributed by atoms with Crippen LogP contribution in [0.2, 0.25) is 0 Å². The molecule has 1 aromatic heterocycles. The van der Waals surface area contributed by atoms with Gasteiger partial charge in [0.1, 0.15) is 18.1 Å². The molecule has 0 fully saturated rings. The van der Waals surface area contributed by atoms with E-state index in [1.807, 2.05) is 42.7 Å². The maximum atomic E-state index is 2.08. The number of hydrogen-bond acceptors (Lipinski definition) is 0. The molecule has 11 heavy (non-hydrogen) atoms. The lowest BCUT2D eigenvalue weighted by Crippen LogP contribution is -2.27. The standard InChI is InChI=1S/C10H9N/c1-4-8-11(9-5-1)10-6-2-3-7-10/h1-9H. The molecule has 0 saturated carbocycles. The SMILES string of the molecule is c1cc[n+](-[c-]2cccc2)cc1. The fourth-order valence-electron chi connectivity index (χ4n) is 1.11. The lowest BCUT2D eigenvalue weighted by molar-refractivity contribution is -0.595. The van der Waals surface area contributed by atoms with Gasteiger partial charge in [0.25, 0.3) is 0 Å². The first-order valence-electron chi connectivity index (χ1n) is 3.65. The summed E-state index contributed by atoms with van der Waals surface area (Å²) in [5, 5.41) is 0. The van der Waals surface area contributed by atoms with E-state index in [4.69, 9.17) is 0 Å². The molecule has 0 amide bonds. The van der Waals surface area contributed by atoms with Crippen molar-refractivity contribution in [3.05, 3.63) is 54.9 Å². The number of rotatable bonds is 1. The first-order valence-corrected chi connectivity index (χ1v) is 3.65. The van der Waals surface area contributed by atoms with E-state index in [1.54, 1.807) is 0 Å². The molecule has 2 aromatic rings. The number of aromatic nitrogens is 1. The van der Waals surface area contributed by atoms with Crippen LogP contribution in [-0.4, -0.2) is 0 Å². The summed E-state index contributed by atoms with van der Waals surface area (Å²) in [6, 6.07) is 14.3. The first-order chi connectivity index (χ1) is 5.47. The van der Waals surface area contributed by atoms with Gasteiger partial charge in [-0.05, 0) is 12.1 Å². The molecule has 0 aliphatic heterocycles. The first kappa shape index (κ1) is 6.23. The Morgan fingerprint density at radius 1 is 0.727 bits per heavy atom. The zero-order chi connectivity index (χ0) is 7.52. The van der Waals surface area contributed by atoms with Crippen LogP contribution in [-0.2, 0) is 0 Å². The van der Waals surface area contributed by atoms with Crippen molar-refractivity contribution in [1.82, 2.24) is 0 Å². The van der Waals surface area contributed by atoms with Crippen LogP contribution in [0.4, 0.5) is 0 Å². The van der Waals surface area contributed by atoms with Crippen molar-refractivity contribution in [3.8, 4) is 5.69 Å². The quantitative estimate of drug-likeness (QED) is 0.422. The summed E-state index contributed by atoms with van der Waals surface area (Å²) in [6.45, 7) is 0. The number of pyridine rings is 1. The van der Waals surface area contributed by atoms with E-state index in [9.17, 15) is 0 Å². The fraction of sp³-hybridized carbons (Fsp3) is 0. The molecule has 1 heteroatoms. The molecule has 0 saturated heterocycles. The van der Waals surface area contributed by atoms with Crippen molar-refractivity contribution in [2.75, 3.05) is 0 Å². The van der Waals surface area contributed by atoms with Crippen LogP contribution in [0, 0.1) is 0 Å². The predicted molar refractivity (Wildman–Crippen MR) is 43.6 cm³/mol. The molecule has 1 nitrogen and oxygen atoms in total. The molecular weight excluding hydrogens is 134 g/mol. The highest BCUT2D eigenvalue weighted by Crippen LogP contribution is 1.97. The van der Waals surface area contributed by atoms with Crippen LogP contribution >= 0.6 is 0 Å². The second-order valence-electron chi connectivity index (χ2n) is 2.43. The highest BCUT2D eigenvalue weighted by Gasteiger charge is 1.93. The van der Waals surface area contributed by atoms with E-state index < -0.39 is 0 Å². The third kappa shape index (κ3) is 1.17. The van der Waals surface area contributed by atoms with Crippen molar-refractivity contribution in [2.24, 2.45) is 0 Å². The van der Waals surface area contributed by atoms with Gasteiger partial charge >= 0.3 is 0 Å². The molecule has 0 aliphatic rings. The van der Waals surface area contributed by atoms with E-state index in [1.165, 1.54) is 5.69 Å². The summed E-state index contributed by atoms with van der Waals surface area (Å²) in [6.07, 6.45) is 4.07. The van der Waals surface area contributed by atoms with Crippen molar-refractivity contribution in [2.45, 2.75) is 0 Å².